The molecule has 5 heterocycles. The standard InChI is InChI=1S/C36H51FN6O6.C11H16N2/c1-26-18-27(4-8-40-26)21-39-23-29-25-43(30-2-3-30)33-20-34(32(37)19-31(33)36(29)45)42-9-5-28(24-42)22-41-35(44)6-10-46-12-14-48-16-17-49-15-13-47-11-7-38;1-10-5-6-11(9-12-10)13-7-3-2-4-8-13/h4,8,18-20,25,28,30,39H,2-3,5-7,9-17,21-24,38H2,1H3,(H,41,44);5-6,9H,2-4,7-8H2,1H3/t28-;/m1./s1. The van der Waals surface area contributed by atoms with Crippen molar-refractivity contribution in [1.29, 1.82) is 0 Å². The van der Waals surface area contributed by atoms with Crippen LogP contribution in [0.15, 0.2) is 59.8 Å². The van der Waals surface area contributed by atoms with E-state index in [1.165, 1.54) is 44.1 Å². The lowest BCUT2D eigenvalue weighted by Gasteiger charge is -2.28. The minimum Gasteiger partial charge on any atom is -0.379 e. The van der Waals surface area contributed by atoms with Gasteiger partial charge in [0.2, 0.25) is 5.91 Å². The highest BCUT2D eigenvalue weighted by molar-refractivity contribution is 5.84. The summed E-state index contributed by atoms with van der Waals surface area (Å²) >= 11 is 0. The number of carbonyl (C=O) groups is 1. The van der Waals surface area contributed by atoms with Crippen molar-refractivity contribution >= 4 is 28.2 Å². The Morgan fingerprint density at radius 2 is 1.55 bits per heavy atom. The Morgan fingerprint density at radius 1 is 0.823 bits per heavy atom. The third-order valence-electron chi connectivity index (χ3n) is 11.4. The largest absolute Gasteiger partial charge is 0.379 e. The molecule has 1 atom stereocenters. The molecule has 2 saturated heterocycles. The first-order valence-corrected chi connectivity index (χ1v) is 22.5. The molecule has 2 aliphatic heterocycles. The number of pyridine rings is 3. The van der Waals surface area contributed by atoms with Gasteiger partial charge in [0.25, 0.3) is 0 Å². The minimum atomic E-state index is -0.393. The summed E-state index contributed by atoms with van der Waals surface area (Å²) in [6, 6.07) is 11.8. The fourth-order valence-corrected chi connectivity index (χ4v) is 7.87. The van der Waals surface area contributed by atoms with Crippen LogP contribution < -0.4 is 31.6 Å². The zero-order valence-electron chi connectivity index (χ0n) is 36.8. The van der Waals surface area contributed by atoms with Crippen LogP contribution in [0.25, 0.3) is 10.9 Å². The van der Waals surface area contributed by atoms with E-state index in [0.29, 0.717) is 115 Å². The van der Waals surface area contributed by atoms with Gasteiger partial charge >= 0.3 is 0 Å². The van der Waals surface area contributed by atoms with Crippen LogP contribution in [0, 0.1) is 25.6 Å². The second kappa shape index (κ2) is 25.0. The number of aryl methyl sites for hydroxylation is 2. The Balaban J connectivity index is 0.000000418. The van der Waals surface area contributed by atoms with E-state index in [2.05, 4.69) is 42.2 Å². The lowest BCUT2D eigenvalue weighted by Crippen LogP contribution is -2.31. The molecule has 7 rings (SSSR count). The molecule has 0 unspecified atom stereocenters. The van der Waals surface area contributed by atoms with Crippen molar-refractivity contribution in [1.82, 2.24) is 25.2 Å². The van der Waals surface area contributed by atoms with Gasteiger partial charge in [-0.3, -0.25) is 19.6 Å². The van der Waals surface area contributed by atoms with E-state index in [0.717, 1.165) is 41.7 Å². The van der Waals surface area contributed by atoms with Gasteiger partial charge in [-0.05, 0) is 100 Å². The van der Waals surface area contributed by atoms with Crippen LogP contribution in [0.1, 0.15) is 73.5 Å². The number of nitrogens with zero attached hydrogens (tertiary/aromatic N) is 5. The fraction of sp³-hybridized carbons (Fsp3) is 0.574. The Labute approximate surface area is 365 Å². The molecule has 3 aromatic heterocycles. The predicted molar refractivity (Wildman–Crippen MR) is 241 cm³/mol. The van der Waals surface area contributed by atoms with E-state index in [1.807, 2.05) is 49.3 Å². The number of amides is 1. The van der Waals surface area contributed by atoms with Crippen molar-refractivity contribution in [2.24, 2.45) is 11.7 Å². The Bertz CT molecular complexity index is 2040. The molecular formula is C47H67FN8O6. The van der Waals surface area contributed by atoms with E-state index in [1.54, 1.807) is 6.20 Å². The number of aromatic nitrogens is 3. The average Bonchev–Trinajstić information content (AvgIpc) is 4.02. The van der Waals surface area contributed by atoms with Gasteiger partial charge in [-0.25, -0.2) is 4.39 Å². The maximum absolute atomic E-state index is 15.6. The van der Waals surface area contributed by atoms with Gasteiger partial charge in [0, 0.05) is 99.6 Å². The summed E-state index contributed by atoms with van der Waals surface area (Å²) < 4.78 is 39.4. The normalized spacial score (nSPS) is 16.4. The van der Waals surface area contributed by atoms with Crippen LogP contribution in [0.2, 0.25) is 0 Å². The van der Waals surface area contributed by atoms with Crippen LogP contribution in [0.5, 0.6) is 0 Å². The minimum absolute atomic E-state index is 0.0730. The number of carbonyl (C=O) groups excluding carboxylic acids is 1. The summed E-state index contributed by atoms with van der Waals surface area (Å²) in [5.74, 6) is -0.266. The van der Waals surface area contributed by atoms with Crippen LogP contribution in [0.3, 0.4) is 0 Å². The summed E-state index contributed by atoms with van der Waals surface area (Å²) in [4.78, 5) is 38.9. The summed E-state index contributed by atoms with van der Waals surface area (Å²) in [5, 5.41) is 6.79. The van der Waals surface area contributed by atoms with Crippen molar-refractivity contribution in [3.8, 4) is 0 Å². The SMILES string of the molecule is Cc1cc(CNCc2cn(C3CC3)c3cc(N4CC[C@H](CNC(=O)CCOCCOCCOCCOCCN)C4)c(F)cc3c2=O)ccn1.Cc1ccc(N2CCCCC2)cn1. The van der Waals surface area contributed by atoms with Crippen molar-refractivity contribution in [3.63, 3.8) is 0 Å². The van der Waals surface area contributed by atoms with Crippen LogP contribution >= 0.6 is 0 Å². The smallest absolute Gasteiger partial charge is 0.222 e. The van der Waals surface area contributed by atoms with Crippen molar-refractivity contribution in [3.05, 3.63) is 93.5 Å². The molecular weight excluding hydrogens is 792 g/mol. The topological polar surface area (TPSA) is 158 Å². The first-order chi connectivity index (χ1) is 30.3. The first-order valence-electron chi connectivity index (χ1n) is 22.5. The molecule has 0 radical (unpaired) electrons. The maximum Gasteiger partial charge on any atom is 0.222 e. The Morgan fingerprint density at radius 3 is 2.23 bits per heavy atom. The predicted octanol–water partition coefficient (Wildman–Crippen LogP) is 5.21. The molecule has 3 fully saturated rings. The molecule has 1 aliphatic carbocycles. The number of fused-ring (bicyclic) bond motifs is 1. The summed E-state index contributed by atoms with van der Waals surface area (Å²) in [6.45, 7) is 13.4. The quantitative estimate of drug-likeness (QED) is 0.0839. The number of anilines is 2. The number of nitrogens with one attached hydrogen (secondary N) is 2. The second-order valence-corrected chi connectivity index (χ2v) is 16.5. The number of rotatable bonds is 23. The highest BCUT2D eigenvalue weighted by Crippen LogP contribution is 2.38. The number of nitrogens with two attached hydrogens (primary N) is 1. The van der Waals surface area contributed by atoms with Crippen molar-refractivity contribution < 1.29 is 28.1 Å². The summed E-state index contributed by atoms with van der Waals surface area (Å²) in [6.07, 6.45) is 12.9. The molecule has 62 heavy (non-hydrogen) atoms. The lowest BCUT2D eigenvalue weighted by molar-refractivity contribution is -0.122. The van der Waals surface area contributed by atoms with Crippen LogP contribution in [0.4, 0.5) is 15.8 Å². The third kappa shape index (κ3) is 14.8. The Kier molecular flexibility index (Phi) is 18.9. The highest BCUT2D eigenvalue weighted by atomic mass is 19.1. The molecule has 3 aliphatic rings. The van der Waals surface area contributed by atoms with Gasteiger partial charge in [0.1, 0.15) is 5.82 Å². The number of hydrogen-bond acceptors (Lipinski definition) is 12. The van der Waals surface area contributed by atoms with E-state index in [4.69, 9.17) is 24.7 Å². The molecule has 4 aromatic rings. The zero-order chi connectivity index (χ0) is 43.5. The van der Waals surface area contributed by atoms with E-state index in [-0.39, 0.29) is 23.7 Å². The average molecular weight is 859 g/mol. The van der Waals surface area contributed by atoms with Crippen LogP contribution in [-0.2, 0) is 36.8 Å². The zero-order valence-corrected chi connectivity index (χ0v) is 36.8. The molecule has 338 valence electrons. The lowest BCUT2D eigenvalue weighted by atomic mass is 10.1. The molecule has 1 saturated carbocycles. The molecule has 4 N–H and O–H groups in total. The van der Waals surface area contributed by atoms with Crippen LogP contribution in [-0.4, -0.2) is 113 Å². The van der Waals surface area contributed by atoms with E-state index < -0.39 is 5.82 Å². The van der Waals surface area contributed by atoms with Crippen molar-refractivity contribution in [2.75, 3.05) is 102 Å². The first kappa shape index (κ1) is 47.0. The Hall–Kier alpha value is -4.51. The molecule has 14 nitrogen and oxygen atoms in total. The molecule has 1 aromatic carbocycles. The number of halogens is 1. The van der Waals surface area contributed by atoms with E-state index >= 15 is 4.39 Å². The number of piperidine rings is 1. The molecule has 15 heteroatoms. The van der Waals surface area contributed by atoms with Gasteiger partial charge in [-0.15, -0.1) is 0 Å². The third-order valence-corrected chi connectivity index (χ3v) is 11.4. The van der Waals surface area contributed by atoms with Gasteiger partial charge in [0.15, 0.2) is 5.43 Å². The highest BCUT2D eigenvalue weighted by Gasteiger charge is 2.29. The number of benzene rings is 1. The van der Waals surface area contributed by atoms with Gasteiger partial charge in [-0.1, -0.05) is 0 Å². The summed E-state index contributed by atoms with van der Waals surface area (Å²) in [7, 11) is 0. The number of ether oxygens (including phenoxy) is 4. The summed E-state index contributed by atoms with van der Waals surface area (Å²) in [5.41, 5.74) is 11.6. The molecule has 1 amide bonds. The fourth-order valence-electron chi connectivity index (χ4n) is 7.87. The van der Waals surface area contributed by atoms with E-state index in [9.17, 15) is 9.59 Å². The van der Waals surface area contributed by atoms with Gasteiger partial charge in [-0.2, -0.15) is 0 Å². The van der Waals surface area contributed by atoms with Crippen molar-refractivity contribution in [2.45, 2.75) is 77.9 Å². The van der Waals surface area contributed by atoms with Gasteiger partial charge < -0.3 is 49.7 Å². The van der Waals surface area contributed by atoms with Gasteiger partial charge in [0.05, 0.1) is 75.9 Å². The molecule has 0 spiro atoms. The monoisotopic (exact) mass is 859 g/mol. The molecule has 0 bridgehead atoms. The maximum atomic E-state index is 15.6. The number of hydrogen-bond donors (Lipinski definition) is 3. The second-order valence-electron chi connectivity index (χ2n) is 16.5.